The zero-order valence-corrected chi connectivity index (χ0v) is 13.1. The molecular formula is C16H11N5O2S. The molecule has 4 aromatic rings. The molecule has 0 saturated heterocycles. The highest BCUT2D eigenvalue weighted by molar-refractivity contribution is 7.99. The fourth-order valence-corrected chi connectivity index (χ4v) is 3.42. The average molecular weight is 337 g/mol. The van der Waals surface area contributed by atoms with Crippen molar-refractivity contribution in [3.63, 3.8) is 0 Å². The summed E-state index contributed by atoms with van der Waals surface area (Å²) in [5.41, 5.74) is 0.996. The topological polar surface area (TPSA) is 107 Å². The molecule has 0 fully saturated rings. The molecule has 3 aromatic heterocycles. The molecule has 0 bridgehead atoms. The monoisotopic (exact) mass is 337 g/mol. The molecular weight excluding hydrogens is 326 g/mol. The van der Waals surface area contributed by atoms with Crippen molar-refractivity contribution >= 4 is 22.8 Å². The smallest absolute Gasteiger partial charge is 0.327 e. The van der Waals surface area contributed by atoms with E-state index in [0.717, 1.165) is 11.3 Å². The van der Waals surface area contributed by atoms with E-state index < -0.39 is 11.2 Å². The summed E-state index contributed by atoms with van der Waals surface area (Å²) < 4.78 is 0. The Morgan fingerprint density at radius 3 is 2.38 bits per heavy atom. The first-order valence-electron chi connectivity index (χ1n) is 7.11. The summed E-state index contributed by atoms with van der Waals surface area (Å²) in [6.45, 7) is 0. The second-order valence-corrected chi connectivity index (χ2v) is 5.96. The quantitative estimate of drug-likeness (QED) is 0.497. The number of rotatable bonds is 3. The van der Waals surface area contributed by atoms with Crippen LogP contribution in [0.1, 0.15) is 0 Å². The Balaban J connectivity index is 2.01. The molecule has 0 unspecified atom stereocenters. The van der Waals surface area contributed by atoms with Crippen LogP contribution in [0.25, 0.3) is 22.3 Å². The van der Waals surface area contributed by atoms with Crippen molar-refractivity contribution in [3.8, 4) is 11.3 Å². The zero-order chi connectivity index (χ0) is 16.5. The van der Waals surface area contributed by atoms with E-state index in [1.807, 2.05) is 30.3 Å². The standard InChI is InChI=1S/C16H11N5O2S/c22-14-10-12(24-16-17-7-4-8-18-16)11(9-5-2-1-3-6-9)19-13(10)20-15(23)21-14/h1-8H,(H3,19,20,21,22,23). The van der Waals surface area contributed by atoms with Gasteiger partial charge < -0.3 is 4.98 Å². The Kier molecular flexibility index (Phi) is 3.51. The highest BCUT2D eigenvalue weighted by Gasteiger charge is 2.19. The number of aromatic nitrogens is 5. The average Bonchev–Trinajstić information content (AvgIpc) is 2.95. The van der Waals surface area contributed by atoms with Crippen molar-refractivity contribution in [1.29, 1.82) is 0 Å². The minimum absolute atomic E-state index is 0.376. The molecule has 0 aliphatic heterocycles. The number of nitrogens with zero attached hydrogens (tertiary/aromatic N) is 2. The molecule has 118 valence electrons. The third kappa shape index (κ3) is 2.52. The van der Waals surface area contributed by atoms with Crippen LogP contribution in [0, 0.1) is 0 Å². The summed E-state index contributed by atoms with van der Waals surface area (Å²) in [5, 5.41) is 0.895. The Morgan fingerprint density at radius 1 is 0.875 bits per heavy atom. The SMILES string of the molecule is O=c1[nH]c(=O)c2c(Sc3ncccn3)c(-c3ccccc3)[nH]c2[nH]1. The normalized spacial score (nSPS) is 11.0. The lowest BCUT2D eigenvalue weighted by Crippen LogP contribution is -2.21. The Bertz CT molecular complexity index is 1120. The third-order valence-corrected chi connectivity index (χ3v) is 4.45. The lowest BCUT2D eigenvalue weighted by atomic mass is 10.1. The second-order valence-electron chi connectivity index (χ2n) is 4.99. The summed E-state index contributed by atoms with van der Waals surface area (Å²) in [6, 6.07) is 11.3. The molecule has 0 spiro atoms. The van der Waals surface area contributed by atoms with Gasteiger partial charge >= 0.3 is 5.69 Å². The van der Waals surface area contributed by atoms with Gasteiger partial charge in [-0.25, -0.2) is 14.8 Å². The lowest BCUT2D eigenvalue weighted by molar-refractivity contribution is 0.967. The molecule has 0 atom stereocenters. The molecule has 8 heteroatoms. The van der Waals surface area contributed by atoms with Gasteiger partial charge in [-0.3, -0.25) is 14.8 Å². The minimum atomic E-state index is -0.555. The van der Waals surface area contributed by atoms with Crippen molar-refractivity contribution in [2.24, 2.45) is 0 Å². The Labute approximate surface area is 139 Å². The number of hydrogen-bond donors (Lipinski definition) is 3. The molecule has 0 saturated carbocycles. The molecule has 0 radical (unpaired) electrons. The highest BCUT2D eigenvalue weighted by Crippen LogP contribution is 2.37. The van der Waals surface area contributed by atoms with E-state index in [-0.39, 0.29) is 0 Å². The number of hydrogen-bond acceptors (Lipinski definition) is 5. The first-order valence-corrected chi connectivity index (χ1v) is 7.92. The molecule has 3 N–H and O–H groups in total. The predicted molar refractivity (Wildman–Crippen MR) is 91.1 cm³/mol. The fourth-order valence-electron chi connectivity index (χ4n) is 2.44. The van der Waals surface area contributed by atoms with Crippen LogP contribution in [0.3, 0.4) is 0 Å². The molecule has 7 nitrogen and oxygen atoms in total. The van der Waals surface area contributed by atoms with E-state index in [1.54, 1.807) is 18.5 Å². The number of aromatic amines is 3. The van der Waals surface area contributed by atoms with Crippen LogP contribution in [0.2, 0.25) is 0 Å². The van der Waals surface area contributed by atoms with Crippen LogP contribution < -0.4 is 11.2 Å². The largest absolute Gasteiger partial charge is 0.340 e. The first kappa shape index (κ1) is 14.5. The summed E-state index contributed by atoms with van der Waals surface area (Å²) >= 11 is 1.27. The van der Waals surface area contributed by atoms with Crippen molar-refractivity contribution in [2.75, 3.05) is 0 Å². The van der Waals surface area contributed by atoms with Crippen LogP contribution in [0.15, 0.2) is 68.4 Å². The first-order chi connectivity index (χ1) is 11.7. The van der Waals surface area contributed by atoms with Gasteiger partial charge in [0.15, 0.2) is 5.16 Å². The minimum Gasteiger partial charge on any atom is -0.340 e. The van der Waals surface area contributed by atoms with Gasteiger partial charge in [-0.15, -0.1) is 0 Å². The van der Waals surface area contributed by atoms with E-state index in [1.165, 1.54) is 11.8 Å². The zero-order valence-electron chi connectivity index (χ0n) is 12.2. The van der Waals surface area contributed by atoms with Gasteiger partial charge in [0.25, 0.3) is 5.56 Å². The molecule has 24 heavy (non-hydrogen) atoms. The number of fused-ring (bicyclic) bond motifs is 1. The number of benzene rings is 1. The third-order valence-electron chi connectivity index (χ3n) is 3.44. The van der Waals surface area contributed by atoms with Gasteiger partial charge in [0, 0.05) is 12.4 Å². The van der Waals surface area contributed by atoms with Crippen molar-refractivity contribution in [2.45, 2.75) is 10.1 Å². The van der Waals surface area contributed by atoms with Gasteiger partial charge in [0.1, 0.15) is 5.65 Å². The van der Waals surface area contributed by atoms with Gasteiger partial charge in [0.05, 0.1) is 16.0 Å². The van der Waals surface area contributed by atoms with Gasteiger partial charge in [-0.1, -0.05) is 30.3 Å². The van der Waals surface area contributed by atoms with Crippen LogP contribution in [-0.4, -0.2) is 24.9 Å². The molecule has 0 amide bonds. The van der Waals surface area contributed by atoms with Crippen molar-refractivity contribution in [1.82, 2.24) is 24.9 Å². The van der Waals surface area contributed by atoms with Gasteiger partial charge in [0.2, 0.25) is 0 Å². The molecule has 0 aliphatic carbocycles. The van der Waals surface area contributed by atoms with E-state index in [4.69, 9.17) is 0 Å². The molecule has 3 heterocycles. The maximum Gasteiger partial charge on any atom is 0.327 e. The summed E-state index contributed by atoms with van der Waals surface area (Å²) in [7, 11) is 0. The van der Waals surface area contributed by atoms with E-state index in [2.05, 4.69) is 24.9 Å². The van der Waals surface area contributed by atoms with Crippen molar-refractivity contribution in [3.05, 3.63) is 69.6 Å². The van der Waals surface area contributed by atoms with E-state index in [9.17, 15) is 9.59 Å². The van der Waals surface area contributed by atoms with E-state index in [0.29, 0.717) is 21.1 Å². The molecule has 1 aromatic carbocycles. The predicted octanol–water partition coefficient (Wildman–Crippen LogP) is 2.15. The number of H-pyrrole nitrogens is 3. The fraction of sp³-hybridized carbons (Fsp3) is 0. The molecule has 0 aliphatic rings. The van der Waals surface area contributed by atoms with Gasteiger partial charge in [-0.2, -0.15) is 0 Å². The number of nitrogens with one attached hydrogen (secondary N) is 3. The van der Waals surface area contributed by atoms with Crippen LogP contribution >= 0.6 is 11.8 Å². The summed E-state index contributed by atoms with van der Waals surface area (Å²) in [5.74, 6) is 0. The lowest BCUT2D eigenvalue weighted by Gasteiger charge is -2.03. The Morgan fingerprint density at radius 2 is 1.62 bits per heavy atom. The summed E-state index contributed by atoms with van der Waals surface area (Å²) in [6.07, 6.45) is 3.27. The Hall–Kier alpha value is -3.13. The van der Waals surface area contributed by atoms with Crippen LogP contribution in [0.4, 0.5) is 0 Å². The maximum absolute atomic E-state index is 12.3. The van der Waals surface area contributed by atoms with Crippen molar-refractivity contribution < 1.29 is 0 Å². The molecule has 4 rings (SSSR count). The van der Waals surface area contributed by atoms with E-state index >= 15 is 0 Å². The maximum atomic E-state index is 12.3. The van der Waals surface area contributed by atoms with Crippen LogP contribution in [0.5, 0.6) is 0 Å². The van der Waals surface area contributed by atoms with Gasteiger partial charge in [-0.05, 0) is 23.4 Å². The second kappa shape index (κ2) is 5.82. The van der Waals surface area contributed by atoms with Crippen LogP contribution in [-0.2, 0) is 0 Å². The summed E-state index contributed by atoms with van der Waals surface area (Å²) in [4.78, 5) is 40.9. The highest BCUT2D eigenvalue weighted by atomic mass is 32.2.